The Labute approximate surface area is 146 Å². The maximum absolute atomic E-state index is 12.2. The molecule has 1 amide bonds. The highest BCUT2D eigenvalue weighted by molar-refractivity contribution is 7.92. The van der Waals surface area contributed by atoms with E-state index in [9.17, 15) is 13.2 Å². The third-order valence-electron chi connectivity index (χ3n) is 3.17. The number of hydrogen-bond donors (Lipinski definition) is 1. The van der Waals surface area contributed by atoms with Gasteiger partial charge in [0.2, 0.25) is 15.9 Å². The van der Waals surface area contributed by atoms with Gasteiger partial charge in [0.25, 0.3) is 0 Å². The van der Waals surface area contributed by atoms with E-state index in [2.05, 4.69) is 5.32 Å². The molecule has 0 unspecified atom stereocenters. The van der Waals surface area contributed by atoms with Gasteiger partial charge in [-0.1, -0.05) is 23.7 Å². The molecule has 6 nitrogen and oxygen atoms in total. The van der Waals surface area contributed by atoms with Crippen molar-refractivity contribution in [2.45, 2.75) is 0 Å². The first-order valence-electron chi connectivity index (χ1n) is 6.97. The van der Waals surface area contributed by atoms with Crippen LogP contribution in [0.15, 0.2) is 48.5 Å². The van der Waals surface area contributed by atoms with Crippen LogP contribution in [-0.4, -0.2) is 34.2 Å². The molecule has 0 aromatic heterocycles. The third kappa shape index (κ3) is 4.62. The molecule has 24 heavy (non-hydrogen) atoms. The van der Waals surface area contributed by atoms with Gasteiger partial charge in [-0.15, -0.1) is 0 Å². The number of halogens is 1. The summed E-state index contributed by atoms with van der Waals surface area (Å²) in [6.07, 6.45) is 1.04. The Hall–Kier alpha value is -2.25. The smallest absolute Gasteiger partial charge is 0.245 e. The Bertz CT molecular complexity index is 822. The van der Waals surface area contributed by atoms with Crippen LogP contribution in [0, 0.1) is 0 Å². The first kappa shape index (κ1) is 18.1. The van der Waals surface area contributed by atoms with Crippen LogP contribution < -0.4 is 14.4 Å². The lowest BCUT2D eigenvalue weighted by atomic mass is 10.3. The monoisotopic (exact) mass is 368 g/mol. The van der Waals surface area contributed by atoms with Gasteiger partial charge in [-0.25, -0.2) is 8.42 Å². The van der Waals surface area contributed by atoms with Crippen molar-refractivity contribution < 1.29 is 17.9 Å². The number of benzene rings is 2. The maximum atomic E-state index is 12.2. The van der Waals surface area contributed by atoms with Crippen LogP contribution in [0.2, 0.25) is 5.02 Å². The summed E-state index contributed by atoms with van der Waals surface area (Å²) in [4.78, 5) is 12.2. The van der Waals surface area contributed by atoms with Crippen LogP contribution in [0.5, 0.6) is 5.75 Å². The maximum Gasteiger partial charge on any atom is 0.245 e. The molecule has 0 fully saturated rings. The average molecular weight is 369 g/mol. The van der Waals surface area contributed by atoms with E-state index >= 15 is 0 Å². The van der Waals surface area contributed by atoms with Crippen LogP contribution in [0.1, 0.15) is 0 Å². The summed E-state index contributed by atoms with van der Waals surface area (Å²) in [5.74, 6) is -0.115. The Morgan fingerprint density at radius 1 is 1.17 bits per heavy atom. The van der Waals surface area contributed by atoms with Crippen molar-refractivity contribution in [2.75, 3.05) is 29.5 Å². The van der Waals surface area contributed by atoms with Crippen molar-refractivity contribution in [1.29, 1.82) is 0 Å². The van der Waals surface area contributed by atoms with Gasteiger partial charge in [0, 0.05) is 10.7 Å². The van der Waals surface area contributed by atoms with Crippen molar-refractivity contribution in [1.82, 2.24) is 0 Å². The predicted octanol–water partition coefficient (Wildman–Crippen LogP) is 2.75. The second-order valence-electron chi connectivity index (χ2n) is 5.00. The summed E-state index contributed by atoms with van der Waals surface area (Å²) in [5, 5.41) is 3.18. The Balaban J connectivity index is 2.23. The van der Waals surface area contributed by atoms with E-state index in [4.69, 9.17) is 16.3 Å². The Kier molecular flexibility index (Phi) is 5.69. The number of ether oxygens (including phenoxy) is 1. The Morgan fingerprint density at radius 3 is 2.38 bits per heavy atom. The number of anilines is 2. The number of sulfonamides is 1. The van der Waals surface area contributed by atoms with E-state index in [1.807, 2.05) is 0 Å². The summed E-state index contributed by atoms with van der Waals surface area (Å²) in [7, 11) is -2.24. The van der Waals surface area contributed by atoms with Gasteiger partial charge >= 0.3 is 0 Å². The molecule has 0 aliphatic rings. The van der Waals surface area contributed by atoms with Crippen LogP contribution >= 0.6 is 11.6 Å². The van der Waals surface area contributed by atoms with Crippen LogP contribution in [-0.2, 0) is 14.8 Å². The van der Waals surface area contributed by atoms with Crippen molar-refractivity contribution in [2.24, 2.45) is 0 Å². The zero-order chi connectivity index (χ0) is 17.7. The van der Waals surface area contributed by atoms with E-state index in [1.54, 1.807) is 48.5 Å². The molecule has 0 atom stereocenters. The van der Waals surface area contributed by atoms with Crippen molar-refractivity contribution >= 4 is 38.9 Å². The number of amides is 1. The molecule has 0 saturated heterocycles. The molecule has 8 heteroatoms. The minimum atomic E-state index is -3.67. The number of hydrogen-bond acceptors (Lipinski definition) is 4. The molecule has 2 rings (SSSR count). The van der Waals surface area contributed by atoms with Gasteiger partial charge in [0.1, 0.15) is 12.3 Å². The van der Waals surface area contributed by atoms with Crippen LogP contribution in [0.4, 0.5) is 11.4 Å². The fourth-order valence-electron chi connectivity index (χ4n) is 2.08. The number of nitrogens with zero attached hydrogens (tertiary/aromatic N) is 1. The average Bonchev–Trinajstić information content (AvgIpc) is 2.54. The summed E-state index contributed by atoms with van der Waals surface area (Å²) in [5.41, 5.74) is 0.826. The molecule has 128 valence electrons. The quantitative estimate of drug-likeness (QED) is 0.850. The first-order chi connectivity index (χ1) is 11.3. The van der Waals surface area contributed by atoms with Gasteiger partial charge < -0.3 is 10.1 Å². The molecule has 0 radical (unpaired) electrons. The summed E-state index contributed by atoms with van der Waals surface area (Å²) in [6.45, 7) is -0.373. The number of nitrogens with one attached hydrogen (secondary N) is 1. The molecule has 1 N–H and O–H groups in total. The van der Waals surface area contributed by atoms with E-state index in [0.717, 1.165) is 10.6 Å². The molecule has 0 bridgehead atoms. The van der Waals surface area contributed by atoms with Gasteiger partial charge in [-0.3, -0.25) is 9.10 Å². The number of para-hydroxylation sites is 2. The second kappa shape index (κ2) is 7.55. The summed E-state index contributed by atoms with van der Waals surface area (Å²) >= 11 is 5.79. The molecule has 0 aliphatic carbocycles. The highest BCUT2D eigenvalue weighted by atomic mass is 35.5. The van der Waals surface area contributed by atoms with Crippen LogP contribution in [0.3, 0.4) is 0 Å². The fraction of sp³-hybridized carbons (Fsp3) is 0.188. The fourth-order valence-corrected chi connectivity index (χ4v) is 3.07. The van der Waals surface area contributed by atoms with Crippen molar-refractivity contribution in [3.63, 3.8) is 0 Å². The minimum Gasteiger partial charge on any atom is -0.495 e. The topological polar surface area (TPSA) is 75.7 Å². The van der Waals surface area contributed by atoms with Gasteiger partial charge in [0.15, 0.2) is 0 Å². The SMILES string of the molecule is COc1ccccc1N(CC(=O)Nc1ccc(Cl)cc1)S(C)(=O)=O. The number of carbonyl (C=O) groups is 1. The molecule has 0 heterocycles. The van der Waals surface area contributed by atoms with Gasteiger partial charge in [-0.2, -0.15) is 0 Å². The van der Waals surface area contributed by atoms with Gasteiger partial charge in [0.05, 0.1) is 19.1 Å². The van der Waals surface area contributed by atoms with Gasteiger partial charge in [-0.05, 0) is 36.4 Å². The summed E-state index contributed by atoms with van der Waals surface area (Å²) < 4.78 is 30.4. The molecule has 0 aliphatic heterocycles. The van der Waals surface area contributed by atoms with Crippen LogP contribution in [0.25, 0.3) is 0 Å². The first-order valence-corrected chi connectivity index (χ1v) is 9.20. The molecule has 2 aromatic rings. The second-order valence-corrected chi connectivity index (χ2v) is 7.34. The highest BCUT2D eigenvalue weighted by Gasteiger charge is 2.23. The minimum absolute atomic E-state index is 0.300. The standard InChI is InChI=1S/C16H17ClN2O4S/c1-23-15-6-4-3-5-14(15)19(24(2,21)22)11-16(20)18-13-9-7-12(17)8-10-13/h3-10H,11H2,1-2H3,(H,18,20). The zero-order valence-electron chi connectivity index (χ0n) is 13.2. The largest absolute Gasteiger partial charge is 0.495 e. The Morgan fingerprint density at radius 2 is 1.79 bits per heavy atom. The lowest BCUT2D eigenvalue weighted by molar-refractivity contribution is -0.114. The third-order valence-corrected chi connectivity index (χ3v) is 4.55. The number of methoxy groups -OCH3 is 1. The number of carbonyl (C=O) groups excluding carboxylic acids is 1. The predicted molar refractivity (Wildman–Crippen MR) is 95.3 cm³/mol. The molecule has 0 saturated carbocycles. The normalized spacial score (nSPS) is 11.0. The van der Waals surface area contributed by atoms with E-state index in [0.29, 0.717) is 22.1 Å². The van der Waals surface area contributed by atoms with Crippen molar-refractivity contribution in [3.05, 3.63) is 53.6 Å². The van der Waals surface area contributed by atoms with E-state index in [-0.39, 0.29) is 6.54 Å². The molecular formula is C16H17ClN2O4S. The molecule has 2 aromatic carbocycles. The van der Waals surface area contributed by atoms with E-state index in [1.165, 1.54) is 7.11 Å². The highest BCUT2D eigenvalue weighted by Crippen LogP contribution is 2.29. The number of rotatable bonds is 6. The summed E-state index contributed by atoms with van der Waals surface area (Å²) in [6, 6.07) is 13.1. The molecule has 0 spiro atoms. The van der Waals surface area contributed by atoms with E-state index < -0.39 is 15.9 Å². The zero-order valence-corrected chi connectivity index (χ0v) is 14.8. The lowest BCUT2D eigenvalue weighted by Gasteiger charge is -2.23. The van der Waals surface area contributed by atoms with Crippen molar-refractivity contribution in [3.8, 4) is 5.75 Å². The molecular weight excluding hydrogens is 352 g/mol. The lowest BCUT2D eigenvalue weighted by Crippen LogP contribution is -2.37.